The number of carbonyl (C=O) groups is 1. The van der Waals surface area contributed by atoms with Crippen LogP contribution in [0.4, 0.5) is 5.13 Å². The fraction of sp³-hybridized carbons (Fsp3) is 0.438. The van der Waals surface area contributed by atoms with Crippen LogP contribution in [0.15, 0.2) is 4.79 Å². The third-order valence-electron chi connectivity index (χ3n) is 3.93. The van der Waals surface area contributed by atoms with Crippen LogP contribution < -0.4 is 10.9 Å². The number of rotatable bonds is 6. The number of hydrogen-bond donors (Lipinski definition) is 2. The molecule has 0 saturated heterocycles. The minimum atomic E-state index is -0.309. The average molecular weight is 410 g/mol. The largest absolute Gasteiger partial charge is 0.309 e. The molecule has 26 heavy (non-hydrogen) atoms. The molecule has 0 bridgehead atoms. The van der Waals surface area contributed by atoms with Gasteiger partial charge in [-0.3, -0.25) is 14.9 Å². The van der Waals surface area contributed by atoms with Crippen molar-refractivity contribution in [1.29, 1.82) is 0 Å². The molecular weight excluding hydrogens is 390 g/mol. The van der Waals surface area contributed by atoms with E-state index in [0.29, 0.717) is 22.1 Å². The highest BCUT2D eigenvalue weighted by atomic mass is 32.2. The number of nitrogens with one attached hydrogen (secondary N) is 2. The monoisotopic (exact) mass is 409 g/mol. The quantitative estimate of drug-likeness (QED) is 0.648. The molecule has 0 saturated carbocycles. The van der Waals surface area contributed by atoms with Crippen LogP contribution in [0.5, 0.6) is 0 Å². The number of nitrogens with zero attached hydrogens (tertiary/aromatic N) is 3. The van der Waals surface area contributed by atoms with E-state index >= 15 is 0 Å². The highest BCUT2D eigenvalue weighted by Gasteiger charge is 2.17. The number of aromatic amines is 1. The molecule has 1 atom stereocenters. The number of fused-ring (bicyclic) bond motifs is 1. The molecule has 3 rings (SSSR count). The van der Waals surface area contributed by atoms with Gasteiger partial charge in [-0.2, -0.15) is 0 Å². The Morgan fingerprint density at radius 1 is 1.31 bits per heavy atom. The van der Waals surface area contributed by atoms with Gasteiger partial charge in [0.2, 0.25) is 11.0 Å². The Balaban J connectivity index is 1.65. The lowest BCUT2D eigenvalue weighted by atomic mass is 10.2. The molecule has 0 aliphatic rings. The van der Waals surface area contributed by atoms with E-state index in [4.69, 9.17) is 0 Å². The summed E-state index contributed by atoms with van der Waals surface area (Å²) in [5.41, 5.74) is 0.861. The van der Waals surface area contributed by atoms with Gasteiger partial charge in [0.1, 0.15) is 15.7 Å². The Morgan fingerprint density at radius 2 is 2.08 bits per heavy atom. The first-order valence-electron chi connectivity index (χ1n) is 8.12. The summed E-state index contributed by atoms with van der Waals surface area (Å²) in [6.07, 6.45) is 0.793. The molecule has 2 N–H and O–H groups in total. The van der Waals surface area contributed by atoms with Gasteiger partial charge in [-0.1, -0.05) is 18.3 Å². The normalized spacial score (nSPS) is 12.5. The standard InChI is InChI=1S/C16H19N5O2S3/c1-5-11-20-21-16(26-11)19-13(22)9(4)24-6-10-17-14(23)12-7(2)8(3)25-15(12)18-10/h9H,5-6H2,1-4H3,(H,17,18,23)(H,19,21,22)/t9-/m0/s1. The van der Waals surface area contributed by atoms with E-state index in [-0.39, 0.29) is 16.7 Å². The third kappa shape index (κ3) is 3.97. The smallest absolute Gasteiger partial charge is 0.259 e. The minimum Gasteiger partial charge on any atom is -0.309 e. The topological polar surface area (TPSA) is 101 Å². The van der Waals surface area contributed by atoms with E-state index in [1.807, 2.05) is 27.7 Å². The molecule has 0 aliphatic heterocycles. The first-order valence-corrected chi connectivity index (χ1v) is 10.8. The van der Waals surface area contributed by atoms with Gasteiger partial charge < -0.3 is 4.98 Å². The Bertz CT molecular complexity index is 1010. The summed E-state index contributed by atoms with van der Waals surface area (Å²) >= 11 is 4.31. The fourth-order valence-electron chi connectivity index (χ4n) is 2.30. The van der Waals surface area contributed by atoms with Crippen LogP contribution in [0.25, 0.3) is 10.2 Å². The zero-order valence-corrected chi connectivity index (χ0v) is 17.3. The van der Waals surface area contributed by atoms with Gasteiger partial charge in [-0.25, -0.2) is 4.98 Å². The molecule has 3 heterocycles. The third-order valence-corrected chi connectivity index (χ3v) is 7.17. The van der Waals surface area contributed by atoms with Crippen molar-refractivity contribution in [1.82, 2.24) is 20.2 Å². The van der Waals surface area contributed by atoms with Crippen molar-refractivity contribution in [2.24, 2.45) is 0 Å². The van der Waals surface area contributed by atoms with Gasteiger partial charge in [-0.05, 0) is 32.8 Å². The van der Waals surface area contributed by atoms with Crippen molar-refractivity contribution >= 4 is 55.7 Å². The summed E-state index contributed by atoms with van der Waals surface area (Å²) in [4.78, 5) is 33.8. The molecule has 0 aromatic carbocycles. The summed E-state index contributed by atoms with van der Waals surface area (Å²) in [6, 6.07) is 0. The Morgan fingerprint density at radius 3 is 2.77 bits per heavy atom. The molecule has 10 heteroatoms. The summed E-state index contributed by atoms with van der Waals surface area (Å²) in [6.45, 7) is 7.73. The lowest BCUT2D eigenvalue weighted by Crippen LogP contribution is -2.23. The second-order valence-corrected chi connectivity index (χ2v) is 9.37. The molecule has 1 amide bonds. The van der Waals surface area contributed by atoms with Gasteiger partial charge in [-0.15, -0.1) is 33.3 Å². The highest BCUT2D eigenvalue weighted by molar-refractivity contribution is 7.99. The second kappa shape index (κ2) is 7.85. The lowest BCUT2D eigenvalue weighted by Gasteiger charge is -2.09. The van der Waals surface area contributed by atoms with E-state index < -0.39 is 0 Å². The maximum Gasteiger partial charge on any atom is 0.259 e. The molecule has 3 aromatic rings. The van der Waals surface area contributed by atoms with Crippen LogP contribution in [0.3, 0.4) is 0 Å². The molecule has 0 unspecified atom stereocenters. The van der Waals surface area contributed by atoms with E-state index in [2.05, 4.69) is 25.5 Å². The Kier molecular flexibility index (Phi) is 5.73. The molecule has 0 radical (unpaired) electrons. The number of aryl methyl sites for hydroxylation is 3. The van der Waals surface area contributed by atoms with Crippen molar-refractivity contribution < 1.29 is 4.79 Å². The first kappa shape index (κ1) is 19.0. The Labute approximate surface area is 162 Å². The summed E-state index contributed by atoms with van der Waals surface area (Å²) in [7, 11) is 0. The lowest BCUT2D eigenvalue weighted by molar-refractivity contribution is -0.115. The van der Waals surface area contributed by atoms with E-state index in [1.54, 1.807) is 0 Å². The number of amides is 1. The van der Waals surface area contributed by atoms with Crippen LogP contribution in [0.1, 0.15) is 35.1 Å². The van der Waals surface area contributed by atoms with Gasteiger partial charge >= 0.3 is 0 Å². The average Bonchev–Trinajstić information content (AvgIpc) is 3.17. The molecular formula is C16H19N5O2S3. The summed E-state index contributed by atoms with van der Waals surface area (Å²) in [5, 5.41) is 12.5. The zero-order valence-electron chi connectivity index (χ0n) is 14.9. The molecule has 138 valence electrons. The van der Waals surface area contributed by atoms with Gasteiger partial charge in [0.05, 0.1) is 16.4 Å². The molecule has 0 fully saturated rings. The maximum absolute atomic E-state index is 12.3. The number of anilines is 1. The second-order valence-electron chi connectivity index (χ2n) is 5.77. The van der Waals surface area contributed by atoms with E-state index in [1.165, 1.54) is 34.4 Å². The highest BCUT2D eigenvalue weighted by Crippen LogP contribution is 2.26. The summed E-state index contributed by atoms with van der Waals surface area (Å²) < 4.78 is 0. The van der Waals surface area contributed by atoms with Crippen molar-refractivity contribution in [2.45, 2.75) is 45.1 Å². The number of thiophene rings is 1. The maximum atomic E-state index is 12.3. The fourth-order valence-corrected chi connectivity index (χ4v) is 4.79. The van der Waals surface area contributed by atoms with Crippen molar-refractivity contribution in [2.75, 3.05) is 5.32 Å². The molecule has 7 nitrogen and oxygen atoms in total. The summed E-state index contributed by atoms with van der Waals surface area (Å²) in [5.74, 6) is 0.893. The number of thioether (sulfide) groups is 1. The predicted molar refractivity (Wildman–Crippen MR) is 108 cm³/mol. The van der Waals surface area contributed by atoms with Crippen molar-refractivity contribution in [3.63, 3.8) is 0 Å². The SMILES string of the molecule is CCc1nnc(NC(=O)[C@H](C)SCc2nc3sc(C)c(C)c3c(=O)[nH]2)s1. The molecule has 3 aromatic heterocycles. The number of H-pyrrole nitrogens is 1. The van der Waals surface area contributed by atoms with Gasteiger partial charge in [0.15, 0.2) is 0 Å². The van der Waals surface area contributed by atoms with E-state index in [9.17, 15) is 9.59 Å². The molecule has 0 spiro atoms. The van der Waals surface area contributed by atoms with Crippen molar-refractivity contribution in [3.8, 4) is 0 Å². The van der Waals surface area contributed by atoms with Gasteiger partial charge in [0.25, 0.3) is 5.56 Å². The van der Waals surface area contributed by atoms with Crippen LogP contribution in [-0.4, -0.2) is 31.3 Å². The number of hydrogen-bond acceptors (Lipinski definition) is 8. The van der Waals surface area contributed by atoms with Crippen molar-refractivity contribution in [3.05, 3.63) is 31.6 Å². The zero-order chi connectivity index (χ0) is 18.8. The van der Waals surface area contributed by atoms with Crippen LogP contribution in [0.2, 0.25) is 0 Å². The number of aromatic nitrogens is 4. The Hall–Kier alpha value is -1.78. The number of carbonyl (C=O) groups excluding carboxylic acids is 1. The van der Waals surface area contributed by atoms with Gasteiger partial charge in [0, 0.05) is 4.88 Å². The van der Waals surface area contributed by atoms with E-state index in [0.717, 1.165) is 26.7 Å². The van der Waals surface area contributed by atoms with Crippen LogP contribution in [0, 0.1) is 13.8 Å². The first-order chi connectivity index (χ1) is 12.4. The predicted octanol–water partition coefficient (Wildman–Crippen LogP) is 3.28. The minimum absolute atomic E-state index is 0.120. The molecule has 0 aliphatic carbocycles. The van der Waals surface area contributed by atoms with Crippen LogP contribution in [-0.2, 0) is 17.0 Å². The van der Waals surface area contributed by atoms with Crippen LogP contribution >= 0.6 is 34.4 Å².